The van der Waals surface area contributed by atoms with Crippen molar-refractivity contribution in [2.75, 3.05) is 18.6 Å². The van der Waals surface area contributed by atoms with Gasteiger partial charge in [0.1, 0.15) is 23.3 Å². The highest BCUT2D eigenvalue weighted by Gasteiger charge is 2.48. The number of anilines is 1. The Hall–Kier alpha value is -4.13. The number of para-hydroxylation sites is 2. The van der Waals surface area contributed by atoms with Crippen LogP contribution >= 0.6 is 0 Å². The number of ketones is 1. The van der Waals surface area contributed by atoms with E-state index in [-0.39, 0.29) is 11.3 Å². The Balaban J connectivity index is 1.89. The molecule has 0 radical (unpaired) electrons. The minimum atomic E-state index is -0.922. The number of aromatic nitrogens is 1. The molecule has 0 bridgehead atoms. The third-order valence-electron chi connectivity index (χ3n) is 5.67. The second kappa shape index (κ2) is 9.79. The van der Waals surface area contributed by atoms with Crippen LogP contribution in [0.2, 0.25) is 0 Å². The quantitative estimate of drug-likeness (QED) is 0.310. The molecule has 1 atom stereocenters. The van der Waals surface area contributed by atoms with Gasteiger partial charge in [0.15, 0.2) is 0 Å². The average Bonchev–Trinajstić information content (AvgIpc) is 3.13. The number of amides is 1. The zero-order chi connectivity index (χ0) is 24.2. The van der Waals surface area contributed by atoms with Crippen molar-refractivity contribution in [1.82, 2.24) is 4.98 Å². The van der Waals surface area contributed by atoms with Gasteiger partial charge in [-0.15, -0.1) is 0 Å². The fourth-order valence-corrected chi connectivity index (χ4v) is 4.05. The molecule has 1 aliphatic rings. The summed E-state index contributed by atoms with van der Waals surface area (Å²) in [5, 5.41) is 11.3. The molecule has 1 unspecified atom stereocenters. The molecule has 1 aromatic heterocycles. The number of Topliss-reactive ketones (excluding diaryl/α,β-unsaturated/α-hetero) is 1. The Labute approximate surface area is 198 Å². The Morgan fingerprint density at radius 3 is 2.50 bits per heavy atom. The maximum absolute atomic E-state index is 13.3. The van der Waals surface area contributed by atoms with Crippen molar-refractivity contribution in [2.24, 2.45) is 0 Å². The number of hydrogen-bond acceptors (Lipinski definition) is 6. The number of aliphatic hydroxyl groups is 1. The summed E-state index contributed by atoms with van der Waals surface area (Å²) in [4.78, 5) is 32.3. The van der Waals surface area contributed by atoms with Gasteiger partial charge in [0.2, 0.25) is 0 Å². The first-order chi connectivity index (χ1) is 16.5. The third-order valence-corrected chi connectivity index (χ3v) is 5.67. The van der Waals surface area contributed by atoms with E-state index in [0.717, 1.165) is 12.0 Å². The van der Waals surface area contributed by atoms with Crippen LogP contribution in [0.3, 0.4) is 0 Å². The Morgan fingerprint density at radius 1 is 1.06 bits per heavy atom. The number of rotatable bonds is 7. The lowest BCUT2D eigenvalue weighted by molar-refractivity contribution is -0.132. The first-order valence-corrected chi connectivity index (χ1v) is 11.1. The van der Waals surface area contributed by atoms with Gasteiger partial charge in [-0.3, -0.25) is 19.5 Å². The van der Waals surface area contributed by atoms with Gasteiger partial charge in [-0.1, -0.05) is 25.1 Å². The first kappa shape index (κ1) is 23.0. The molecule has 7 heteroatoms. The fourth-order valence-electron chi connectivity index (χ4n) is 4.05. The molecule has 1 N–H and O–H groups in total. The highest BCUT2D eigenvalue weighted by Crippen LogP contribution is 2.44. The summed E-state index contributed by atoms with van der Waals surface area (Å²) in [7, 11) is 1.50. The van der Waals surface area contributed by atoms with E-state index in [1.807, 2.05) is 13.8 Å². The SMILES string of the molecule is CCCOc1ccc(/C(O)=C2/C(=O)C(=O)N(c3ccccc3OC)C2c2ccccn2)cc1C. The smallest absolute Gasteiger partial charge is 0.300 e. The van der Waals surface area contributed by atoms with Gasteiger partial charge in [-0.25, -0.2) is 0 Å². The van der Waals surface area contributed by atoms with Crippen molar-refractivity contribution in [2.45, 2.75) is 26.3 Å². The predicted molar refractivity (Wildman–Crippen MR) is 129 cm³/mol. The lowest BCUT2D eigenvalue weighted by atomic mass is 9.97. The van der Waals surface area contributed by atoms with Crippen LogP contribution < -0.4 is 14.4 Å². The number of nitrogens with zero attached hydrogens (tertiary/aromatic N) is 2. The average molecular weight is 459 g/mol. The highest BCUT2D eigenvalue weighted by molar-refractivity contribution is 6.51. The second-order valence-electron chi connectivity index (χ2n) is 7.92. The van der Waals surface area contributed by atoms with Crippen molar-refractivity contribution in [3.05, 3.63) is 89.3 Å². The summed E-state index contributed by atoms with van der Waals surface area (Å²) < 4.78 is 11.2. The van der Waals surface area contributed by atoms with Gasteiger partial charge in [-0.2, -0.15) is 0 Å². The standard InChI is InChI=1S/C27H26N2O5/c1-4-15-34-21-13-12-18(16-17(21)2)25(30)23-24(19-9-7-8-14-28-19)29(27(32)26(23)31)20-10-5-6-11-22(20)33-3/h5-14,16,24,30H,4,15H2,1-3H3/b25-23-. The molecule has 2 aromatic carbocycles. The first-order valence-electron chi connectivity index (χ1n) is 11.1. The van der Waals surface area contributed by atoms with E-state index in [1.165, 1.54) is 12.0 Å². The van der Waals surface area contributed by atoms with E-state index in [2.05, 4.69) is 4.98 Å². The van der Waals surface area contributed by atoms with Crippen molar-refractivity contribution in [3.63, 3.8) is 0 Å². The Bertz CT molecular complexity index is 1250. The minimum Gasteiger partial charge on any atom is -0.507 e. The number of hydrogen-bond donors (Lipinski definition) is 1. The maximum Gasteiger partial charge on any atom is 0.300 e. The molecule has 1 fully saturated rings. The fraction of sp³-hybridized carbons (Fsp3) is 0.222. The van der Waals surface area contributed by atoms with Crippen LogP contribution in [0.5, 0.6) is 11.5 Å². The number of aliphatic hydroxyl groups excluding tert-OH is 1. The summed E-state index contributed by atoms with van der Waals surface area (Å²) in [6, 6.07) is 16.4. The van der Waals surface area contributed by atoms with E-state index in [9.17, 15) is 14.7 Å². The summed E-state index contributed by atoms with van der Waals surface area (Å²) in [5.41, 5.74) is 2.07. The van der Waals surface area contributed by atoms with Crippen LogP contribution in [0.1, 0.15) is 36.2 Å². The number of aryl methyl sites for hydroxylation is 1. The summed E-state index contributed by atoms with van der Waals surface area (Å²) in [5.74, 6) is -0.686. The van der Waals surface area contributed by atoms with E-state index >= 15 is 0 Å². The van der Waals surface area contributed by atoms with Gasteiger partial charge in [-0.05, 0) is 61.4 Å². The summed E-state index contributed by atoms with van der Waals surface area (Å²) >= 11 is 0. The zero-order valence-corrected chi connectivity index (χ0v) is 19.3. The molecule has 0 spiro atoms. The molecular weight excluding hydrogens is 432 g/mol. The predicted octanol–water partition coefficient (Wildman–Crippen LogP) is 4.81. The topological polar surface area (TPSA) is 89.0 Å². The van der Waals surface area contributed by atoms with Gasteiger partial charge in [0.25, 0.3) is 11.7 Å². The molecule has 0 aliphatic carbocycles. The summed E-state index contributed by atoms with van der Waals surface area (Å²) in [6.07, 6.45) is 2.46. The van der Waals surface area contributed by atoms with Crippen molar-refractivity contribution in [1.29, 1.82) is 0 Å². The van der Waals surface area contributed by atoms with Crippen LogP contribution in [0.15, 0.2) is 72.4 Å². The maximum atomic E-state index is 13.3. The number of carbonyl (C=O) groups is 2. The normalized spacial score (nSPS) is 17.1. The van der Waals surface area contributed by atoms with Crippen LogP contribution in [0, 0.1) is 6.92 Å². The van der Waals surface area contributed by atoms with E-state index < -0.39 is 17.7 Å². The van der Waals surface area contributed by atoms with Crippen LogP contribution in [0.4, 0.5) is 5.69 Å². The number of carbonyl (C=O) groups excluding carboxylic acids is 2. The highest BCUT2D eigenvalue weighted by atomic mass is 16.5. The van der Waals surface area contributed by atoms with Crippen LogP contribution in [0.25, 0.3) is 5.76 Å². The van der Waals surface area contributed by atoms with Crippen LogP contribution in [-0.2, 0) is 9.59 Å². The van der Waals surface area contributed by atoms with E-state index in [0.29, 0.717) is 35.1 Å². The van der Waals surface area contributed by atoms with Gasteiger partial charge >= 0.3 is 0 Å². The largest absolute Gasteiger partial charge is 0.507 e. The Morgan fingerprint density at radius 2 is 1.82 bits per heavy atom. The molecule has 174 valence electrons. The van der Waals surface area contributed by atoms with Gasteiger partial charge in [0.05, 0.1) is 30.7 Å². The van der Waals surface area contributed by atoms with E-state index in [4.69, 9.17) is 9.47 Å². The molecule has 3 aromatic rings. The molecule has 4 rings (SSSR count). The molecule has 1 amide bonds. The monoisotopic (exact) mass is 458 g/mol. The molecule has 1 saturated heterocycles. The molecule has 7 nitrogen and oxygen atoms in total. The number of benzene rings is 2. The van der Waals surface area contributed by atoms with Gasteiger partial charge < -0.3 is 14.6 Å². The Kier molecular flexibility index (Phi) is 6.63. The van der Waals surface area contributed by atoms with Crippen molar-refractivity contribution >= 4 is 23.1 Å². The molecule has 0 saturated carbocycles. The molecule has 2 heterocycles. The van der Waals surface area contributed by atoms with E-state index in [1.54, 1.807) is 66.9 Å². The molecule has 1 aliphatic heterocycles. The van der Waals surface area contributed by atoms with Crippen molar-refractivity contribution < 1.29 is 24.2 Å². The van der Waals surface area contributed by atoms with Crippen LogP contribution in [-0.4, -0.2) is 35.5 Å². The number of methoxy groups -OCH3 is 1. The van der Waals surface area contributed by atoms with Gasteiger partial charge in [0, 0.05) is 11.8 Å². The minimum absolute atomic E-state index is 0.0313. The lowest BCUT2D eigenvalue weighted by Crippen LogP contribution is -2.30. The third kappa shape index (κ3) is 4.12. The lowest BCUT2D eigenvalue weighted by Gasteiger charge is -2.26. The zero-order valence-electron chi connectivity index (χ0n) is 19.3. The molecular formula is C27H26N2O5. The van der Waals surface area contributed by atoms with Crippen molar-refractivity contribution in [3.8, 4) is 11.5 Å². The molecule has 34 heavy (non-hydrogen) atoms. The summed E-state index contributed by atoms with van der Waals surface area (Å²) in [6.45, 7) is 4.47. The second-order valence-corrected chi connectivity index (χ2v) is 7.92. The number of ether oxygens (including phenoxy) is 2. The number of pyridine rings is 1.